The average Bonchev–Trinajstić information content (AvgIpc) is 3.43. The topological polar surface area (TPSA) is 85.6 Å². The summed E-state index contributed by atoms with van der Waals surface area (Å²) in [5, 5.41) is 11.0. The first-order valence-corrected chi connectivity index (χ1v) is 15.3. The van der Waals surface area contributed by atoms with Gasteiger partial charge in [0.2, 0.25) is 5.91 Å². The van der Waals surface area contributed by atoms with E-state index in [4.69, 9.17) is 26.3 Å². The van der Waals surface area contributed by atoms with Crippen LogP contribution >= 0.6 is 11.6 Å². The highest BCUT2D eigenvalue weighted by Crippen LogP contribution is 2.40. The maximum atomic E-state index is 12.5. The van der Waals surface area contributed by atoms with Gasteiger partial charge in [0.05, 0.1) is 24.0 Å². The number of carbonyl (C=O) groups excluding carboxylic acids is 1. The third-order valence-electron chi connectivity index (χ3n) is 9.07. The van der Waals surface area contributed by atoms with Gasteiger partial charge in [-0.05, 0) is 87.0 Å². The Morgan fingerprint density at radius 3 is 2.79 bits per heavy atom. The summed E-state index contributed by atoms with van der Waals surface area (Å²) in [6.07, 6.45) is 8.32. The number of halogens is 1. The van der Waals surface area contributed by atoms with Gasteiger partial charge < -0.3 is 19.4 Å². The molecule has 2 aliphatic heterocycles. The Morgan fingerprint density at radius 2 is 2.00 bits per heavy atom. The van der Waals surface area contributed by atoms with Crippen molar-refractivity contribution in [3.63, 3.8) is 0 Å². The summed E-state index contributed by atoms with van der Waals surface area (Å²) in [6, 6.07) is 13.2. The highest BCUT2D eigenvalue weighted by Gasteiger charge is 2.32. The molecule has 2 aromatic carbocycles. The maximum Gasteiger partial charge on any atom is 0.319 e. The molecule has 0 bridgehead atoms. The van der Waals surface area contributed by atoms with Crippen LogP contribution in [0.15, 0.2) is 43.0 Å². The van der Waals surface area contributed by atoms with Crippen molar-refractivity contribution in [3.05, 3.63) is 59.1 Å². The number of hydrogen-bond acceptors (Lipinski definition) is 7. The van der Waals surface area contributed by atoms with Crippen molar-refractivity contribution in [3.8, 4) is 23.2 Å². The second-order valence-electron chi connectivity index (χ2n) is 11.6. The lowest BCUT2D eigenvalue weighted by Crippen LogP contribution is -2.55. The molecule has 2 atom stereocenters. The highest BCUT2D eigenvalue weighted by molar-refractivity contribution is 6.34. The molecule has 8 nitrogen and oxygen atoms in total. The number of nitriles is 1. The molecule has 9 heteroatoms. The molecule has 1 aromatic heterocycles. The minimum atomic E-state index is -0.277. The van der Waals surface area contributed by atoms with Crippen molar-refractivity contribution in [1.82, 2.24) is 19.8 Å². The zero-order valence-corrected chi connectivity index (χ0v) is 24.9. The lowest BCUT2D eigenvalue weighted by molar-refractivity contribution is -0.128. The number of hydrogen-bond donors (Lipinski definition) is 0. The average molecular weight is 585 g/mol. The number of amides is 1. The summed E-state index contributed by atoms with van der Waals surface area (Å²) >= 11 is 7.04. The Hall–Kier alpha value is -3.67. The van der Waals surface area contributed by atoms with E-state index in [1.807, 2.05) is 6.07 Å². The Labute approximate surface area is 252 Å². The number of fused-ring (bicyclic) bond motifs is 2. The quantitative estimate of drug-likeness (QED) is 0.343. The summed E-state index contributed by atoms with van der Waals surface area (Å²) in [4.78, 5) is 28.5. The first-order valence-electron chi connectivity index (χ1n) is 15.0. The second-order valence-corrected chi connectivity index (χ2v) is 12.0. The molecule has 42 heavy (non-hydrogen) atoms. The highest BCUT2D eigenvalue weighted by atomic mass is 35.5. The first-order chi connectivity index (χ1) is 20.5. The number of carbonyl (C=O) groups is 1. The summed E-state index contributed by atoms with van der Waals surface area (Å²) in [5.74, 6) is 0.554. The molecule has 3 heterocycles. The standard InChI is InChI=1S/C33H37ClN6O2/c1-3-31(41)40-17-16-39(20-23(40)13-14-35)32-28-18-29(34)27(26-12-6-9-22-8-4-5-11-25(22)26)19-30(28)36-33(37-32)42-21-24-10-7-15-38(24)2/h3,6,9,12,18-19,23-24H,1,4-5,7-8,10-11,13,15-17,20-21H2,2H3/t23-,24?/m0/s1. The molecule has 1 unspecified atom stereocenters. The summed E-state index contributed by atoms with van der Waals surface area (Å²) in [6.45, 7) is 6.72. The number of rotatable bonds is 7. The van der Waals surface area contributed by atoms with E-state index in [9.17, 15) is 10.1 Å². The van der Waals surface area contributed by atoms with E-state index in [1.165, 1.54) is 35.6 Å². The van der Waals surface area contributed by atoms with Crippen molar-refractivity contribution in [2.24, 2.45) is 0 Å². The number of likely N-dealkylation sites (tertiary alicyclic amines) is 1. The molecular weight excluding hydrogens is 548 g/mol. The minimum absolute atomic E-state index is 0.161. The molecule has 218 valence electrons. The van der Waals surface area contributed by atoms with Gasteiger partial charge in [-0.25, -0.2) is 0 Å². The molecule has 2 saturated heterocycles. The number of ether oxygens (including phenoxy) is 1. The fraction of sp³-hybridized carbons (Fsp3) is 0.455. The van der Waals surface area contributed by atoms with Crippen LogP contribution in [0.2, 0.25) is 5.02 Å². The lowest BCUT2D eigenvalue weighted by atomic mass is 9.86. The predicted octanol–water partition coefficient (Wildman–Crippen LogP) is 5.42. The monoisotopic (exact) mass is 584 g/mol. The van der Waals surface area contributed by atoms with E-state index in [2.05, 4.69) is 53.8 Å². The van der Waals surface area contributed by atoms with Gasteiger partial charge in [0.25, 0.3) is 0 Å². The molecule has 1 aliphatic carbocycles. The number of aromatic nitrogens is 2. The van der Waals surface area contributed by atoms with Crippen LogP contribution in [0.3, 0.4) is 0 Å². The van der Waals surface area contributed by atoms with Gasteiger partial charge in [0, 0.05) is 41.6 Å². The van der Waals surface area contributed by atoms with Gasteiger partial charge in [-0.2, -0.15) is 15.2 Å². The van der Waals surface area contributed by atoms with Crippen molar-refractivity contribution >= 4 is 34.2 Å². The van der Waals surface area contributed by atoms with Crippen LogP contribution in [-0.4, -0.2) is 77.6 Å². The van der Waals surface area contributed by atoms with Crippen LogP contribution in [0.25, 0.3) is 22.0 Å². The van der Waals surface area contributed by atoms with Crippen LogP contribution in [0, 0.1) is 11.3 Å². The van der Waals surface area contributed by atoms with E-state index in [1.54, 1.807) is 4.90 Å². The Balaban J connectivity index is 1.42. The summed E-state index contributed by atoms with van der Waals surface area (Å²) in [5.41, 5.74) is 5.68. The predicted molar refractivity (Wildman–Crippen MR) is 166 cm³/mol. The number of nitrogens with zero attached hydrogens (tertiary/aromatic N) is 6. The molecule has 3 aromatic rings. The lowest BCUT2D eigenvalue weighted by Gasteiger charge is -2.41. The molecule has 0 spiro atoms. The number of aryl methyl sites for hydroxylation is 1. The fourth-order valence-corrected chi connectivity index (χ4v) is 7.02. The van der Waals surface area contributed by atoms with E-state index in [0.717, 1.165) is 48.7 Å². The molecule has 0 saturated carbocycles. The van der Waals surface area contributed by atoms with Gasteiger partial charge in [-0.3, -0.25) is 4.79 Å². The van der Waals surface area contributed by atoms with Crippen molar-refractivity contribution in [2.75, 3.05) is 44.7 Å². The fourth-order valence-electron chi connectivity index (χ4n) is 6.75. The maximum absolute atomic E-state index is 12.5. The molecule has 3 aliphatic rings. The SMILES string of the molecule is C=CC(=O)N1CCN(c2nc(OCC3CCCN3C)nc3cc(-c4cccc5c4CCCC5)c(Cl)cc23)C[C@@H]1CC#N. The van der Waals surface area contributed by atoms with Crippen LogP contribution in [0.4, 0.5) is 5.82 Å². The third kappa shape index (κ3) is 5.56. The smallest absolute Gasteiger partial charge is 0.319 e. The second kappa shape index (κ2) is 12.3. The Kier molecular flexibility index (Phi) is 8.32. The van der Waals surface area contributed by atoms with Crippen LogP contribution in [0.5, 0.6) is 6.01 Å². The Morgan fingerprint density at radius 1 is 1.14 bits per heavy atom. The van der Waals surface area contributed by atoms with Crippen LogP contribution in [-0.2, 0) is 17.6 Å². The van der Waals surface area contributed by atoms with E-state index < -0.39 is 0 Å². The van der Waals surface area contributed by atoms with Gasteiger partial charge in [0.15, 0.2) is 0 Å². The van der Waals surface area contributed by atoms with Crippen LogP contribution in [0.1, 0.15) is 43.2 Å². The van der Waals surface area contributed by atoms with E-state index in [0.29, 0.717) is 49.1 Å². The van der Waals surface area contributed by atoms with Crippen LogP contribution < -0.4 is 9.64 Å². The zero-order valence-electron chi connectivity index (χ0n) is 24.2. The third-order valence-corrected chi connectivity index (χ3v) is 9.39. The summed E-state index contributed by atoms with van der Waals surface area (Å²) < 4.78 is 6.26. The largest absolute Gasteiger partial charge is 0.462 e. The van der Waals surface area contributed by atoms with Crippen molar-refractivity contribution < 1.29 is 9.53 Å². The van der Waals surface area contributed by atoms with E-state index in [-0.39, 0.29) is 18.4 Å². The summed E-state index contributed by atoms with van der Waals surface area (Å²) in [7, 11) is 2.13. The zero-order chi connectivity index (χ0) is 29.2. The molecule has 1 amide bonds. The number of piperazine rings is 1. The normalized spacial score (nSPS) is 20.8. The van der Waals surface area contributed by atoms with E-state index >= 15 is 0 Å². The molecule has 0 N–H and O–H groups in total. The molecule has 6 rings (SSSR count). The Bertz CT molecular complexity index is 1550. The van der Waals surface area contributed by atoms with Gasteiger partial charge >= 0.3 is 6.01 Å². The van der Waals surface area contributed by atoms with Gasteiger partial charge in [0.1, 0.15) is 12.4 Å². The number of benzene rings is 2. The first kappa shape index (κ1) is 28.4. The molecular formula is C33H37ClN6O2. The van der Waals surface area contributed by atoms with Gasteiger partial charge in [-0.15, -0.1) is 0 Å². The minimum Gasteiger partial charge on any atom is -0.462 e. The van der Waals surface area contributed by atoms with Crippen molar-refractivity contribution in [1.29, 1.82) is 5.26 Å². The van der Waals surface area contributed by atoms with Crippen molar-refractivity contribution in [2.45, 2.75) is 57.0 Å². The van der Waals surface area contributed by atoms with Gasteiger partial charge in [-0.1, -0.05) is 36.4 Å². The number of likely N-dealkylation sites (N-methyl/N-ethyl adjacent to an activating group) is 1. The molecule has 2 fully saturated rings. The number of anilines is 1. The molecule has 0 radical (unpaired) electrons.